The summed E-state index contributed by atoms with van der Waals surface area (Å²) in [5.41, 5.74) is 0.717. The lowest BCUT2D eigenvalue weighted by Crippen LogP contribution is -2.54. The second-order valence-corrected chi connectivity index (χ2v) is 12.5. The molecule has 0 aromatic heterocycles. The van der Waals surface area contributed by atoms with Crippen LogP contribution in [0.4, 0.5) is 13.2 Å². The first-order valence-electron chi connectivity index (χ1n) is 14.3. The Morgan fingerprint density at radius 1 is 0.879 bits per heavy atom. The largest absolute Gasteiger partial charge is 0.393 e. The van der Waals surface area contributed by atoms with Gasteiger partial charge in [0.1, 0.15) is 0 Å². The summed E-state index contributed by atoms with van der Waals surface area (Å²) < 4.78 is 39.3. The van der Waals surface area contributed by atoms with Gasteiger partial charge in [0, 0.05) is 0 Å². The van der Waals surface area contributed by atoms with E-state index < -0.39 is 12.1 Å². The molecule has 1 N–H and O–H groups in total. The van der Waals surface area contributed by atoms with Crippen LogP contribution >= 0.6 is 0 Å². The highest BCUT2D eigenvalue weighted by molar-refractivity contribution is 5.09. The molecule has 4 rings (SSSR count). The van der Waals surface area contributed by atoms with Crippen LogP contribution in [0.15, 0.2) is 0 Å². The third kappa shape index (κ3) is 5.03. The number of aliphatic hydroxyl groups excluding tert-OH is 1. The van der Waals surface area contributed by atoms with E-state index in [9.17, 15) is 18.3 Å². The Bertz CT molecular complexity index is 633. The van der Waals surface area contributed by atoms with Crippen LogP contribution in [0.25, 0.3) is 0 Å². The predicted molar refractivity (Wildman–Crippen MR) is 131 cm³/mol. The second kappa shape index (κ2) is 10.4. The van der Waals surface area contributed by atoms with E-state index in [1.54, 1.807) is 0 Å². The molecule has 0 spiro atoms. The summed E-state index contributed by atoms with van der Waals surface area (Å²) >= 11 is 0. The monoisotopic (exact) mass is 472 g/mol. The molecular formula is C29H51F3O. The molecule has 4 aliphatic carbocycles. The van der Waals surface area contributed by atoms with Gasteiger partial charge in [0.05, 0.1) is 12.0 Å². The predicted octanol–water partition coefficient (Wildman–Crippen LogP) is 9.04. The lowest BCUT2D eigenvalue weighted by atomic mass is 9.44. The Hall–Kier alpha value is -0.250. The molecular weight excluding hydrogens is 421 g/mol. The van der Waals surface area contributed by atoms with Crippen molar-refractivity contribution >= 4 is 0 Å². The number of fused-ring (bicyclic) bond motifs is 5. The number of alkyl halides is 3. The van der Waals surface area contributed by atoms with Gasteiger partial charge in [-0.25, -0.2) is 0 Å². The van der Waals surface area contributed by atoms with Crippen LogP contribution in [0.5, 0.6) is 0 Å². The first-order chi connectivity index (χ1) is 15.5. The minimum Gasteiger partial charge on any atom is -0.393 e. The van der Waals surface area contributed by atoms with Crippen LogP contribution in [0.2, 0.25) is 0 Å². The molecule has 4 aliphatic rings. The summed E-state index contributed by atoms with van der Waals surface area (Å²) in [6.45, 7) is 12.6. The zero-order valence-corrected chi connectivity index (χ0v) is 22.2. The molecule has 0 heterocycles. The van der Waals surface area contributed by atoms with Crippen LogP contribution in [0, 0.1) is 52.3 Å². The van der Waals surface area contributed by atoms with Crippen molar-refractivity contribution in [1.29, 1.82) is 0 Å². The van der Waals surface area contributed by atoms with Gasteiger partial charge in [-0.3, -0.25) is 0 Å². The lowest BCUT2D eigenvalue weighted by Gasteiger charge is -2.61. The molecule has 4 heteroatoms. The average Bonchev–Trinajstić information content (AvgIpc) is 3.12. The molecule has 0 saturated heterocycles. The van der Waals surface area contributed by atoms with E-state index in [2.05, 4.69) is 20.8 Å². The smallest absolute Gasteiger partial charge is 0.391 e. The van der Waals surface area contributed by atoms with Crippen LogP contribution in [0.1, 0.15) is 119 Å². The van der Waals surface area contributed by atoms with Crippen molar-refractivity contribution in [2.75, 3.05) is 0 Å². The molecule has 10 atom stereocenters. The van der Waals surface area contributed by atoms with Crippen LogP contribution < -0.4 is 0 Å². The van der Waals surface area contributed by atoms with Gasteiger partial charge < -0.3 is 5.11 Å². The molecule has 9 unspecified atom stereocenters. The van der Waals surface area contributed by atoms with Gasteiger partial charge in [0.2, 0.25) is 0 Å². The first kappa shape index (κ1) is 27.3. The zero-order valence-electron chi connectivity index (χ0n) is 22.2. The summed E-state index contributed by atoms with van der Waals surface area (Å²) in [5.74, 6) is 2.89. The second-order valence-electron chi connectivity index (χ2n) is 12.5. The minimum absolute atomic E-state index is 0.0938. The SMILES string of the molecule is CC.CCC(CCC(C)C(F)(F)F)C1CCC2C3CC[C@H]4CC(O)CCC4(C)C3CCC12C. The Balaban J connectivity index is 0.00000149. The van der Waals surface area contributed by atoms with E-state index in [1.165, 1.54) is 51.9 Å². The number of aliphatic hydroxyl groups is 1. The highest BCUT2D eigenvalue weighted by Crippen LogP contribution is 2.68. The molecule has 4 saturated carbocycles. The Morgan fingerprint density at radius 2 is 1.52 bits per heavy atom. The summed E-state index contributed by atoms with van der Waals surface area (Å²) in [4.78, 5) is 0. The number of rotatable bonds is 5. The highest BCUT2D eigenvalue weighted by Gasteiger charge is 2.60. The van der Waals surface area contributed by atoms with Crippen molar-refractivity contribution in [3.8, 4) is 0 Å². The van der Waals surface area contributed by atoms with E-state index >= 15 is 0 Å². The maximum Gasteiger partial charge on any atom is 0.391 e. The standard InChI is InChI=1S/C27H45F3O.C2H6/c1-5-18(7-6-17(2)27(28,29)30)22-10-11-23-21-9-8-19-16-20(31)12-14-25(19,3)24(21)13-15-26(22,23)4;1-2/h17-24,31H,5-16H2,1-4H3;1-2H3/t17?,18?,19-,20?,21?,22?,23?,24?,25?,26?;/m0./s1. The molecule has 1 nitrogen and oxygen atoms in total. The fourth-order valence-electron chi connectivity index (χ4n) is 9.37. The van der Waals surface area contributed by atoms with Gasteiger partial charge in [-0.2, -0.15) is 13.2 Å². The Labute approximate surface area is 201 Å². The van der Waals surface area contributed by atoms with Crippen LogP contribution in [-0.2, 0) is 0 Å². The van der Waals surface area contributed by atoms with Gasteiger partial charge in [-0.05, 0) is 117 Å². The Kier molecular flexibility index (Phi) is 8.61. The topological polar surface area (TPSA) is 20.2 Å². The van der Waals surface area contributed by atoms with E-state index in [4.69, 9.17) is 0 Å². The first-order valence-corrected chi connectivity index (χ1v) is 14.3. The van der Waals surface area contributed by atoms with Crippen molar-refractivity contribution in [3.05, 3.63) is 0 Å². The molecule has 4 fully saturated rings. The molecule has 0 aliphatic heterocycles. The third-order valence-corrected chi connectivity index (χ3v) is 11.3. The van der Waals surface area contributed by atoms with Gasteiger partial charge >= 0.3 is 6.18 Å². The number of hydrogen-bond acceptors (Lipinski definition) is 1. The van der Waals surface area contributed by atoms with Gasteiger partial charge in [-0.1, -0.05) is 48.0 Å². The van der Waals surface area contributed by atoms with Crippen LogP contribution in [0.3, 0.4) is 0 Å². The molecule has 0 amide bonds. The van der Waals surface area contributed by atoms with E-state index in [1.807, 2.05) is 13.8 Å². The minimum atomic E-state index is -4.06. The van der Waals surface area contributed by atoms with Gasteiger partial charge in [-0.15, -0.1) is 0 Å². The normalized spacial score (nSPS) is 44.5. The maximum atomic E-state index is 13.1. The lowest BCUT2D eigenvalue weighted by molar-refractivity contribution is -0.172. The number of halogens is 3. The summed E-state index contributed by atoms with van der Waals surface area (Å²) in [6.07, 6.45) is 8.69. The van der Waals surface area contributed by atoms with Crippen molar-refractivity contribution < 1.29 is 18.3 Å². The van der Waals surface area contributed by atoms with Crippen molar-refractivity contribution in [1.82, 2.24) is 0 Å². The van der Waals surface area contributed by atoms with Gasteiger partial charge in [0.25, 0.3) is 0 Å². The van der Waals surface area contributed by atoms with Crippen molar-refractivity contribution in [3.63, 3.8) is 0 Å². The van der Waals surface area contributed by atoms with Crippen LogP contribution in [-0.4, -0.2) is 17.4 Å². The van der Waals surface area contributed by atoms with Crippen molar-refractivity contribution in [2.45, 2.75) is 131 Å². The molecule has 0 aromatic rings. The quantitative estimate of drug-likeness (QED) is 0.423. The Morgan fingerprint density at radius 3 is 2.15 bits per heavy atom. The molecule has 33 heavy (non-hydrogen) atoms. The maximum absolute atomic E-state index is 13.1. The molecule has 0 bridgehead atoms. The third-order valence-electron chi connectivity index (χ3n) is 11.3. The van der Waals surface area contributed by atoms with E-state index in [0.29, 0.717) is 28.6 Å². The summed E-state index contributed by atoms with van der Waals surface area (Å²) in [6, 6.07) is 0. The van der Waals surface area contributed by atoms with E-state index in [-0.39, 0.29) is 12.5 Å². The molecule has 194 valence electrons. The van der Waals surface area contributed by atoms with E-state index in [0.717, 1.165) is 43.4 Å². The highest BCUT2D eigenvalue weighted by atomic mass is 19.4. The fraction of sp³-hybridized carbons (Fsp3) is 1.00. The van der Waals surface area contributed by atoms with Gasteiger partial charge in [0.15, 0.2) is 0 Å². The number of hydrogen-bond donors (Lipinski definition) is 1. The average molecular weight is 473 g/mol. The summed E-state index contributed by atoms with van der Waals surface area (Å²) in [5, 5.41) is 10.2. The fourth-order valence-corrected chi connectivity index (χ4v) is 9.37. The molecule has 0 aromatic carbocycles. The zero-order chi connectivity index (χ0) is 24.6. The summed E-state index contributed by atoms with van der Waals surface area (Å²) in [7, 11) is 0. The molecule has 0 radical (unpaired) electrons. The van der Waals surface area contributed by atoms with Crippen molar-refractivity contribution in [2.24, 2.45) is 52.3 Å².